The fourth-order valence-corrected chi connectivity index (χ4v) is 3.55. The molecular formula is C12H14ClN3O2S2. The molecule has 0 aliphatic rings. The lowest BCUT2D eigenvalue weighted by atomic mass is 10.3. The van der Waals surface area contributed by atoms with Gasteiger partial charge in [0, 0.05) is 0 Å². The Kier molecular flexibility index (Phi) is 5.06. The second-order valence-electron chi connectivity index (χ2n) is 4.12. The molecule has 0 bridgehead atoms. The first-order valence-electron chi connectivity index (χ1n) is 5.93. The van der Waals surface area contributed by atoms with Gasteiger partial charge in [-0.15, -0.1) is 0 Å². The number of anilines is 1. The second-order valence-corrected chi connectivity index (χ2v) is 7.30. The average Bonchev–Trinajstić information content (AvgIpc) is 2.39. The van der Waals surface area contributed by atoms with E-state index in [0.717, 1.165) is 5.75 Å². The van der Waals surface area contributed by atoms with Gasteiger partial charge in [-0.2, -0.15) is 11.8 Å². The molecule has 1 heterocycles. The molecule has 0 saturated carbocycles. The van der Waals surface area contributed by atoms with Crippen LogP contribution in [-0.4, -0.2) is 36.1 Å². The molecule has 0 amide bonds. The Morgan fingerprint density at radius 2 is 1.90 bits per heavy atom. The minimum atomic E-state index is -3.45. The number of nitrogens with zero attached hydrogens (tertiary/aromatic N) is 2. The zero-order valence-electron chi connectivity index (χ0n) is 10.8. The van der Waals surface area contributed by atoms with Crippen LogP contribution in [0, 0.1) is 0 Å². The number of thioether (sulfide) groups is 1. The van der Waals surface area contributed by atoms with Gasteiger partial charge < -0.3 is 0 Å². The molecule has 0 atom stereocenters. The molecule has 0 aliphatic heterocycles. The van der Waals surface area contributed by atoms with Gasteiger partial charge in [0.05, 0.1) is 16.8 Å². The standard InChI is InChI=1S/C12H14ClN3O2S2/c1-19-7-4-8-20(17,18)16-12-11(13)14-9-5-2-3-6-10(9)15-12/h2-3,5-6H,4,7-8H2,1H3,(H,15,16). The minimum Gasteiger partial charge on any atom is -0.265 e. The Balaban J connectivity index is 2.22. The molecule has 20 heavy (non-hydrogen) atoms. The molecule has 1 aromatic heterocycles. The zero-order valence-corrected chi connectivity index (χ0v) is 13.2. The van der Waals surface area contributed by atoms with Crippen molar-refractivity contribution in [3.63, 3.8) is 0 Å². The van der Waals surface area contributed by atoms with E-state index in [9.17, 15) is 8.42 Å². The lowest BCUT2D eigenvalue weighted by Crippen LogP contribution is -2.18. The first-order chi connectivity index (χ1) is 9.52. The highest BCUT2D eigenvalue weighted by molar-refractivity contribution is 7.98. The van der Waals surface area contributed by atoms with Crippen molar-refractivity contribution in [2.24, 2.45) is 0 Å². The van der Waals surface area contributed by atoms with Crippen LogP contribution in [0.25, 0.3) is 11.0 Å². The summed E-state index contributed by atoms with van der Waals surface area (Å²) in [6, 6.07) is 7.15. The van der Waals surface area contributed by atoms with Gasteiger partial charge >= 0.3 is 0 Å². The summed E-state index contributed by atoms with van der Waals surface area (Å²) in [6.07, 6.45) is 2.51. The number of hydrogen-bond acceptors (Lipinski definition) is 5. The van der Waals surface area contributed by atoms with Crippen molar-refractivity contribution in [2.45, 2.75) is 6.42 Å². The third kappa shape index (κ3) is 3.97. The normalized spacial score (nSPS) is 11.7. The molecule has 8 heteroatoms. The van der Waals surface area contributed by atoms with Crippen LogP contribution < -0.4 is 4.72 Å². The summed E-state index contributed by atoms with van der Waals surface area (Å²) < 4.78 is 26.2. The van der Waals surface area contributed by atoms with Gasteiger partial charge in [0.15, 0.2) is 11.0 Å². The molecule has 2 rings (SSSR count). The summed E-state index contributed by atoms with van der Waals surface area (Å²) in [6.45, 7) is 0. The Morgan fingerprint density at radius 1 is 1.25 bits per heavy atom. The molecule has 1 N–H and O–H groups in total. The van der Waals surface area contributed by atoms with E-state index in [1.54, 1.807) is 23.9 Å². The molecule has 2 aromatic rings. The van der Waals surface area contributed by atoms with Gasteiger partial charge in [0.25, 0.3) is 0 Å². The SMILES string of the molecule is CSCCCS(=O)(=O)Nc1nc2ccccc2nc1Cl. The predicted molar refractivity (Wildman–Crippen MR) is 85.0 cm³/mol. The van der Waals surface area contributed by atoms with E-state index < -0.39 is 10.0 Å². The number of para-hydroxylation sites is 2. The van der Waals surface area contributed by atoms with Crippen LogP contribution in [0.2, 0.25) is 5.15 Å². The molecule has 0 saturated heterocycles. The summed E-state index contributed by atoms with van der Waals surface area (Å²) in [5, 5.41) is 0.0529. The average molecular weight is 332 g/mol. The van der Waals surface area contributed by atoms with E-state index in [4.69, 9.17) is 11.6 Å². The number of nitrogens with one attached hydrogen (secondary N) is 1. The van der Waals surface area contributed by atoms with Crippen LogP contribution >= 0.6 is 23.4 Å². The number of fused-ring (bicyclic) bond motifs is 1. The van der Waals surface area contributed by atoms with Gasteiger partial charge in [-0.05, 0) is 30.6 Å². The van der Waals surface area contributed by atoms with Crippen LogP contribution in [0.1, 0.15) is 6.42 Å². The van der Waals surface area contributed by atoms with Crippen molar-refractivity contribution in [1.29, 1.82) is 0 Å². The number of sulfonamides is 1. The quantitative estimate of drug-likeness (QED) is 0.824. The molecule has 0 unspecified atom stereocenters. The van der Waals surface area contributed by atoms with Gasteiger partial charge in [-0.3, -0.25) is 4.72 Å². The smallest absolute Gasteiger partial charge is 0.233 e. The molecule has 0 radical (unpaired) electrons. The van der Waals surface area contributed by atoms with E-state index in [1.165, 1.54) is 0 Å². The van der Waals surface area contributed by atoms with Crippen LogP contribution in [0.3, 0.4) is 0 Å². The largest absolute Gasteiger partial charge is 0.265 e. The van der Waals surface area contributed by atoms with Crippen molar-refractivity contribution in [3.8, 4) is 0 Å². The van der Waals surface area contributed by atoms with Crippen LogP contribution in [0.4, 0.5) is 5.82 Å². The monoisotopic (exact) mass is 331 g/mol. The third-order valence-corrected chi connectivity index (χ3v) is 4.83. The fourth-order valence-electron chi connectivity index (χ4n) is 1.64. The summed E-state index contributed by atoms with van der Waals surface area (Å²) in [5.74, 6) is 0.908. The summed E-state index contributed by atoms with van der Waals surface area (Å²) in [4.78, 5) is 8.33. The fraction of sp³-hybridized carbons (Fsp3) is 0.333. The molecule has 1 aromatic carbocycles. The lowest BCUT2D eigenvalue weighted by Gasteiger charge is -2.09. The van der Waals surface area contributed by atoms with E-state index >= 15 is 0 Å². The van der Waals surface area contributed by atoms with Crippen molar-refractivity contribution in [1.82, 2.24) is 9.97 Å². The van der Waals surface area contributed by atoms with E-state index in [0.29, 0.717) is 17.5 Å². The van der Waals surface area contributed by atoms with Crippen molar-refractivity contribution >= 4 is 50.2 Å². The molecular weight excluding hydrogens is 318 g/mol. The van der Waals surface area contributed by atoms with Gasteiger partial charge in [0.1, 0.15) is 0 Å². The highest BCUT2D eigenvalue weighted by atomic mass is 35.5. The Bertz CT molecular complexity index is 707. The molecule has 5 nitrogen and oxygen atoms in total. The van der Waals surface area contributed by atoms with E-state index in [2.05, 4.69) is 14.7 Å². The number of hydrogen-bond donors (Lipinski definition) is 1. The first kappa shape index (κ1) is 15.3. The first-order valence-corrected chi connectivity index (χ1v) is 9.36. The van der Waals surface area contributed by atoms with Gasteiger partial charge in [0.2, 0.25) is 10.0 Å². The predicted octanol–water partition coefficient (Wildman–Crippen LogP) is 2.78. The molecule has 0 spiro atoms. The van der Waals surface area contributed by atoms with Crippen LogP contribution in [0.15, 0.2) is 24.3 Å². The van der Waals surface area contributed by atoms with Crippen molar-refractivity contribution in [2.75, 3.05) is 22.5 Å². The van der Waals surface area contributed by atoms with Crippen molar-refractivity contribution in [3.05, 3.63) is 29.4 Å². The maximum atomic E-state index is 11.9. The Hall–Kier alpha value is -1.05. The maximum absolute atomic E-state index is 11.9. The molecule has 0 fully saturated rings. The number of rotatable bonds is 6. The topological polar surface area (TPSA) is 72.0 Å². The summed E-state index contributed by atoms with van der Waals surface area (Å²) in [7, 11) is -3.45. The summed E-state index contributed by atoms with van der Waals surface area (Å²) >= 11 is 7.57. The highest BCUT2D eigenvalue weighted by Crippen LogP contribution is 2.22. The van der Waals surface area contributed by atoms with Crippen LogP contribution in [-0.2, 0) is 10.0 Å². The van der Waals surface area contributed by atoms with E-state index in [1.807, 2.05) is 18.4 Å². The van der Waals surface area contributed by atoms with E-state index in [-0.39, 0.29) is 16.7 Å². The highest BCUT2D eigenvalue weighted by Gasteiger charge is 2.15. The summed E-state index contributed by atoms with van der Waals surface area (Å²) in [5.41, 5.74) is 1.22. The second kappa shape index (κ2) is 6.60. The number of halogens is 1. The third-order valence-electron chi connectivity index (χ3n) is 2.54. The maximum Gasteiger partial charge on any atom is 0.233 e. The van der Waals surface area contributed by atoms with Gasteiger partial charge in [-0.1, -0.05) is 23.7 Å². The Morgan fingerprint density at radius 3 is 2.55 bits per heavy atom. The zero-order chi connectivity index (χ0) is 14.6. The van der Waals surface area contributed by atoms with Crippen molar-refractivity contribution < 1.29 is 8.42 Å². The minimum absolute atomic E-state index is 0.0404. The number of aromatic nitrogens is 2. The van der Waals surface area contributed by atoms with Gasteiger partial charge in [-0.25, -0.2) is 18.4 Å². The number of benzene rings is 1. The molecule has 108 valence electrons. The van der Waals surface area contributed by atoms with Crippen LogP contribution in [0.5, 0.6) is 0 Å². The molecule has 0 aliphatic carbocycles. The lowest BCUT2D eigenvalue weighted by molar-refractivity contribution is 0.600. The Labute approximate surface area is 127 Å².